The zero-order chi connectivity index (χ0) is 11.3. The number of rotatable bonds is 6. The van der Waals surface area contributed by atoms with E-state index in [2.05, 4.69) is 34.6 Å². The Labute approximate surface area is 90.0 Å². The van der Waals surface area contributed by atoms with Gasteiger partial charge in [0.05, 0.1) is 20.2 Å². The van der Waals surface area contributed by atoms with Gasteiger partial charge in [0.1, 0.15) is 0 Å². The molecule has 1 heterocycles. The number of ether oxygens (including phenoxy) is 1. The van der Waals surface area contributed by atoms with Crippen LogP contribution in [-0.2, 0) is 18.3 Å². The summed E-state index contributed by atoms with van der Waals surface area (Å²) >= 11 is 0. The van der Waals surface area contributed by atoms with Gasteiger partial charge in [0.25, 0.3) is 0 Å². The van der Waals surface area contributed by atoms with Crippen LogP contribution in [0.2, 0.25) is 0 Å². The smallest absolute Gasteiger partial charge is 0.188 e. The second kappa shape index (κ2) is 5.77. The molecule has 0 saturated carbocycles. The van der Waals surface area contributed by atoms with E-state index in [1.54, 1.807) is 14.2 Å². The fourth-order valence-electron chi connectivity index (χ4n) is 1.28. The standard InChI is InChI=1S/C9H19N5O/c1-7(2)8(6-15-4)10-5-9-11-13-14(3)12-9/h7-8,10H,5-6H2,1-4H3. The highest BCUT2D eigenvalue weighted by Crippen LogP contribution is 2.02. The molecular weight excluding hydrogens is 194 g/mol. The molecule has 6 nitrogen and oxygen atoms in total. The first-order valence-corrected chi connectivity index (χ1v) is 5.08. The van der Waals surface area contributed by atoms with Crippen LogP contribution in [0.5, 0.6) is 0 Å². The quantitative estimate of drug-likeness (QED) is 0.719. The molecular formula is C9H19N5O. The Bertz CT molecular complexity index is 286. The van der Waals surface area contributed by atoms with Gasteiger partial charge in [-0.2, -0.15) is 4.80 Å². The van der Waals surface area contributed by atoms with Crippen molar-refractivity contribution in [3.05, 3.63) is 5.82 Å². The molecule has 0 aliphatic carbocycles. The summed E-state index contributed by atoms with van der Waals surface area (Å²) < 4.78 is 5.13. The average molecular weight is 213 g/mol. The van der Waals surface area contributed by atoms with E-state index in [0.29, 0.717) is 30.9 Å². The van der Waals surface area contributed by atoms with Crippen LogP contribution in [0.25, 0.3) is 0 Å². The topological polar surface area (TPSA) is 64.9 Å². The first-order chi connectivity index (χ1) is 7.13. The van der Waals surface area contributed by atoms with Gasteiger partial charge in [-0.25, -0.2) is 0 Å². The molecule has 1 atom stereocenters. The summed E-state index contributed by atoms with van der Waals surface area (Å²) in [6, 6.07) is 0.318. The Morgan fingerprint density at radius 3 is 2.67 bits per heavy atom. The second-order valence-electron chi connectivity index (χ2n) is 3.88. The van der Waals surface area contributed by atoms with E-state index in [0.717, 1.165) is 0 Å². The molecule has 0 aliphatic rings. The number of aromatic nitrogens is 4. The molecule has 15 heavy (non-hydrogen) atoms. The molecule has 1 rings (SSSR count). The minimum atomic E-state index is 0.318. The van der Waals surface area contributed by atoms with Crippen LogP contribution < -0.4 is 5.32 Å². The summed E-state index contributed by atoms with van der Waals surface area (Å²) in [5.41, 5.74) is 0. The maximum atomic E-state index is 5.13. The second-order valence-corrected chi connectivity index (χ2v) is 3.88. The van der Waals surface area contributed by atoms with Gasteiger partial charge < -0.3 is 10.1 Å². The maximum Gasteiger partial charge on any atom is 0.188 e. The summed E-state index contributed by atoms with van der Waals surface area (Å²) in [5, 5.41) is 15.1. The molecule has 0 aromatic carbocycles. The molecule has 6 heteroatoms. The number of nitrogens with zero attached hydrogens (tertiary/aromatic N) is 4. The Kier molecular flexibility index (Phi) is 4.64. The average Bonchev–Trinajstić information content (AvgIpc) is 2.58. The molecule has 1 unspecified atom stereocenters. The van der Waals surface area contributed by atoms with Gasteiger partial charge in [-0.1, -0.05) is 13.8 Å². The number of methoxy groups -OCH3 is 1. The Morgan fingerprint density at radius 2 is 2.20 bits per heavy atom. The van der Waals surface area contributed by atoms with Gasteiger partial charge in [-0.05, 0) is 11.1 Å². The molecule has 0 aliphatic heterocycles. The van der Waals surface area contributed by atoms with Crippen LogP contribution in [0.1, 0.15) is 19.7 Å². The first kappa shape index (κ1) is 12.1. The van der Waals surface area contributed by atoms with E-state index in [-0.39, 0.29) is 0 Å². The van der Waals surface area contributed by atoms with Gasteiger partial charge in [-0.3, -0.25) is 0 Å². The van der Waals surface area contributed by atoms with Crippen molar-refractivity contribution in [2.75, 3.05) is 13.7 Å². The van der Waals surface area contributed by atoms with Crippen LogP contribution in [-0.4, -0.2) is 40.0 Å². The molecule has 86 valence electrons. The molecule has 0 saturated heterocycles. The highest BCUT2D eigenvalue weighted by atomic mass is 16.5. The third kappa shape index (κ3) is 3.93. The lowest BCUT2D eigenvalue weighted by molar-refractivity contribution is 0.146. The predicted octanol–water partition coefficient (Wildman–Crippen LogP) is -0.0293. The molecule has 0 bridgehead atoms. The fourth-order valence-corrected chi connectivity index (χ4v) is 1.28. The van der Waals surface area contributed by atoms with Crippen molar-refractivity contribution in [2.45, 2.75) is 26.4 Å². The Balaban J connectivity index is 2.39. The minimum absolute atomic E-state index is 0.318. The highest BCUT2D eigenvalue weighted by molar-refractivity contribution is 4.79. The van der Waals surface area contributed by atoms with Crippen molar-refractivity contribution in [2.24, 2.45) is 13.0 Å². The van der Waals surface area contributed by atoms with E-state index >= 15 is 0 Å². The number of hydrogen-bond acceptors (Lipinski definition) is 5. The van der Waals surface area contributed by atoms with Gasteiger partial charge in [-0.15, -0.1) is 10.2 Å². The summed E-state index contributed by atoms with van der Waals surface area (Å²) in [5.74, 6) is 1.22. The van der Waals surface area contributed by atoms with Gasteiger partial charge in [0, 0.05) is 13.2 Å². The lowest BCUT2D eigenvalue weighted by Crippen LogP contribution is -2.37. The first-order valence-electron chi connectivity index (χ1n) is 5.08. The normalized spacial score (nSPS) is 13.4. The molecule has 0 radical (unpaired) electrons. The molecule has 1 aromatic rings. The number of aryl methyl sites for hydroxylation is 1. The monoisotopic (exact) mass is 213 g/mol. The Morgan fingerprint density at radius 1 is 1.47 bits per heavy atom. The highest BCUT2D eigenvalue weighted by Gasteiger charge is 2.13. The third-order valence-electron chi connectivity index (χ3n) is 2.22. The van der Waals surface area contributed by atoms with Crippen molar-refractivity contribution in [3.8, 4) is 0 Å². The molecule has 0 fully saturated rings. The number of nitrogens with one attached hydrogen (secondary N) is 1. The molecule has 0 spiro atoms. The molecule has 1 N–H and O–H groups in total. The summed E-state index contributed by atoms with van der Waals surface area (Å²) in [4.78, 5) is 1.46. The van der Waals surface area contributed by atoms with Gasteiger partial charge in [0.2, 0.25) is 0 Å². The van der Waals surface area contributed by atoms with E-state index in [1.807, 2.05) is 0 Å². The largest absolute Gasteiger partial charge is 0.383 e. The lowest BCUT2D eigenvalue weighted by atomic mass is 10.1. The van der Waals surface area contributed by atoms with Crippen LogP contribution in [0.15, 0.2) is 0 Å². The van der Waals surface area contributed by atoms with Crippen molar-refractivity contribution in [3.63, 3.8) is 0 Å². The minimum Gasteiger partial charge on any atom is -0.383 e. The Hall–Kier alpha value is -1.01. The van der Waals surface area contributed by atoms with Crippen molar-refractivity contribution < 1.29 is 4.74 Å². The fraction of sp³-hybridized carbons (Fsp3) is 0.889. The third-order valence-corrected chi connectivity index (χ3v) is 2.22. The van der Waals surface area contributed by atoms with Crippen molar-refractivity contribution in [1.82, 2.24) is 25.5 Å². The summed E-state index contributed by atoms with van der Waals surface area (Å²) in [6.45, 7) is 5.62. The number of hydrogen-bond donors (Lipinski definition) is 1. The number of tetrazole rings is 1. The van der Waals surface area contributed by atoms with E-state index < -0.39 is 0 Å². The van der Waals surface area contributed by atoms with Crippen molar-refractivity contribution in [1.29, 1.82) is 0 Å². The maximum absolute atomic E-state index is 5.13. The van der Waals surface area contributed by atoms with E-state index in [4.69, 9.17) is 4.74 Å². The van der Waals surface area contributed by atoms with Crippen LogP contribution in [0, 0.1) is 5.92 Å². The zero-order valence-electron chi connectivity index (χ0n) is 9.77. The van der Waals surface area contributed by atoms with Crippen LogP contribution >= 0.6 is 0 Å². The van der Waals surface area contributed by atoms with E-state index in [1.165, 1.54) is 4.80 Å². The van der Waals surface area contributed by atoms with Crippen LogP contribution in [0.3, 0.4) is 0 Å². The molecule has 0 amide bonds. The molecule has 1 aromatic heterocycles. The summed E-state index contributed by atoms with van der Waals surface area (Å²) in [7, 11) is 3.46. The predicted molar refractivity (Wildman–Crippen MR) is 56.1 cm³/mol. The summed E-state index contributed by atoms with van der Waals surface area (Å²) in [6.07, 6.45) is 0. The SMILES string of the molecule is COCC(NCc1nnn(C)n1)C(C)C. The lowest BCUT2D eigenvalue weighted by Gasteiger charge is -2.20. The van der Waals surface area contributed by atoms with E-state index in [9.17, 15) is 0 Å². The van der Waals surface area contributed by atoms with Crippen molar-refractivity contribution >= 4 is 0 Å². The van der Waals surface area contributed by atoms with Crippen LogP contribution in [0.4, 0.5) is 0 Å². The zero-order valence-corrected chi connectivity index (χ0v) is 9.77. The van der Waals surface area contributed by atoms with Gasteiger partial charge in [0.15, 0.2) is 5.82 Å². The van der Waals surface area contributed by atoms with Gasteiger partial charge >= 0.3 is 0 Å².